The van der Waals surface area contributed by atoms with Gasteiger partial charge >= 0.3 is 5.97 Å². The second-order valence-corrected chi connectivity index (χ2v) is 6.14. The van der Waals surface area contributed by atoms with Crippen LogP contribution in [-0.2, 0) is 9.53 Å². The molecule has 8 nitrogen and oxygen atoms in total. The molecule has 1 aromatic heterocycles. The molecule has 0 aliphatic rings. The molecule has 0 unspecified atom stereocenters. The number of fused-ring (bicyclic) bond motifs is 1. The summed E-state index contributed by atoms with van der Waals surface area (Å²) in [6.07, 6.45) is 0. The Bertz CT molecular complexity index is 1120. The summed E-state index contributed by atoms with van der Waals surface area (Å²) >= 11 is 0. The molecule has 3 aromatic rings. The third-order valence-electron chi connectivity index (χ3n) is 4.32. The zero-order chi connectivity index (χ0) is 21.7. The minimum Gasteiger partial charge on any atom is -0.496 e. The fourth-order valence-corrected chi connectivity index (χ4v) is 2.95. The maximum Gasteiger partial charge on any atom is 0.344 e. The average molecular weight is 414 g/mol. The zero-order valence-corrected chi connectivity index (χ0v) is 17.1. The van der Waals surface area contributed by atoms with Gasteiger partial charge in [0.05, 0.1) is 27.9 Å². The Morgan fingerprint density at radius 1 is 0.933 bits per heavy atom. The molecular weight excluding hydrogens is 392 g/mol. The normalized spacial score (nSPS) is 10.5. The first-order valence-corrected chi connectivity index (χ1v) is 9.17. The van der Waals surface area contributed by atoms with E-state index in [0.717, 1.165) is 0 Å². The SMILES string of the molecule is CCOC(=O)COc1cc(OC)c2c(=O)cc(-c3ccc(OC)c(OC)c3)oc2c1. The minimum absolute atomic E-state index is 0.255. The van der Waals surface area contributed by atoms with Crippen LogP contribution in [0.4, 0.5) is 0 Å². The summed E-state index contributed by atoms with van der Waals surface area (Å²) in [5.41, 5.74) is 0.601. The quantitative estimate of drug-likeness (QED) is 0.518. The Balaban J connectivity index is 2.06. The van der Waals surface area contributed by atoms with Gasteiger partial charge in [0.15, 0.2) is 23.5 Å². The van der Waals surface area contributed by atoms with Crippen molar-refractivity contribution in [2.75, 3.05) is 34.5 Å². The predicted octanol–water partition coefficient (Wildman–Crippen LogP) is 3.43. The third-order valence-corrected chi connectivity index (χ3v) is 4.32. The summed E-state index contributed by atoms with van der Waals surface area (Å²) in [5, 5.41) is 0.269. The third kappa shape index (κ3) is 4.32. The van der Waals surface area contributed by atoms with E-state index in [0.29, 0.717) is 28.6 Å². The molecule has 0 radical (unpaired) electrons. The van der Waals surface area contributed by atoms with Crippen molar-refractivity contribution in [3.63, 3.8) is 0 Å². The van der Waals surface area contributed by atoms with Crippen LogP contribution in [0.25, 0.3) is 22.3 Å². The van der Waals surface area contributed by atoms with Crippen molar-refractivity contribution >= 4 is 16.9 Å². The molecule has 0 aliphatic heterocycles. The Hall–Kier alpha value is -3.68. The van der Waals surface area contributed by atoms with E-state index in [4.69, 9.17) is 28.1 Å². The molecule has 3 rings (SSSR count). The van der Waals surface area contributed by atoms with E-state index in [9.17, 15) is 9.59 Å². The van der Waals surface area contributed by atoms with Crippen molar-refractivity contribution in [1.82, 2.24) is 0 Å². The summed E-state index contributed by atoms with van der Waals surface area (Å²) < 4.78 is 32.2. The largest absolute Gasteiger partial charge is 0.496 e. The first-order valence-electron chi connectivity index (χ1n) is 9.17. The van der Waals surface area contributed by atoms with E-state index in [-0.39, 0.29) is 35.4 Å². The van der Waals surface area contributed by atoms with E-state index < -0.39 is 5.97 Å². The molecule has 0 bridgehead atoms. The average Bonchev–Trinajstić information content (AvgIpc) is 2.76. The first-order chi connectivity index (χ1) is 14.5. The van der Waals surface area contributed by atoms with Crippen LogP contribution in [0.2, 0.25) is 0 Å². The summed E-state index contributed by atoms with van der Waals surface area (Å²) in [6.45, 7) is 1.69. The van der Waals surface area contributed by atoms with Crippen molar-refractivity contribution in [2.24, 2.45) is 0 Å². The number of hydrogen-bond acceptors (Lipinski definition) is 8. The molecule has 1 heterocycles. The Kier molecular flexibility index (Phi) is 6.46. The number of esters is 1. The number of ether oxygens (including phenoxy) is 5. The number of benzene rings is 2. The van der Waals surface area contributed by atoms with Gasteiger partial charge < -0.3 is 28.1 Å². The van der Waals surface area contributed by atoms with E-state index in [2.05, 4.69) is 0 Å². The van der Waals surface area contributed by atoms with Gasteiger partial charge in [-0.3, -0.25) is 4.79 Å². The van der Waals surface area contributed by atoms with Crippen LogP contribution >= 0.6 is 0 Å². The number of carbonyl (C=O) groups is 1. The van der Waals surface area contributed by atoms with Gasteiger partial charge in [-0.15, -0.1) is 0 Å². The highest BCUT2D eigenvalue weighted by atomic mass is 16.6. The van der Waals surface area contributed by atoms with E-state index >= 15 is 0 Å². The Morgan fingerprint density at radius 3 is 2.33 bits per heavy atom. The molecule has 8 heteroatoms. The summed E-state index contributed by atoms with van der Waals surface area (Å²) in [4.78, 5) is 24.3. The van der Waals surface area contributed by atoms with Gasteiger partial charge in [0, 0.05) is 23.8 Å². The predicted molar refractivity (Wildman–Crippen MR) is 110 cm³/mol. The van der Waals surface area contributed by atoms with Gasteiger partial charge in [0.25, 0.3) is 0 Å². The lowest BCUT2D eigenvalue weighted by atomic mass is 10.1. The zero-order valence-electron chi connectivity index (χ0n) is 17.1. The summed E-state index contributed by atoms with van der Waals surface area (Å²) in [5.74, 6) is 1.47. The molecule has 0 fully saturated rings. The van der Waals surface area contributed by atoms with Crippen molar-refractivity contribution < 1.29 is 32.9 Å². The molecule has 0 saturated carbocycles. The van der Waals surface area contributed by atoms with Gasteiger partial charge in [-0.2, -0.15) is 0 Å². The maximum absolute atomic E-state index is 12.8. The van der Waals surface area contributed by atoms with Gasteiger partial charge in [-0.25, -0.2) is 4.79 Å². The van der Waals surface area contributed by atoms with Gasteiger partial charge in [-0.05, 0) is 25.1 Å². The lowest BCUT2D eigenvalue weighted by molar-refractivity contribution is -0.145. The van der Waals surface area contributed by atoms with Crippen LogP contribution in [-0.4, -0.2) is 40.5 Å². The van der Waals surface area contributed by atoms with Crippen LogP contribution < -0.4 is 24.4 Å². The molecule has 0 amide bonds. The highest BCUT2D eigenvalue weighted by Crippen LogP contribution is 2.35. The topological polar surface area (TPSA) is 93.4 Å². The molecule has 0 spiro atoms. The fourth-order valence-electron chi connectivity index (χ4n) is 2.95. The maximum atomic E-state index is 12.8. The van der Waals surface area contributed by atoms with Crippen LogP contribution in [0.15, 0.2) is 45.6 Å². The van der Waals surface area contributed by atoms with E-state index in [1.165, 1.54) is 39.5 Å². The van der Waals surface area contributed by atoms with Crippen molar-refractivity contribution in [3.8, 4) is 34.3 Å². The van der Waals surface area contributed by atoms with E-state index in [1.54, 1.807) is 25.1 Å². The number of hydrogen-bond donors (Lipinski definition) is 0. The number of methoxy groups -OCH3 is 3. The van der Waals surface area contributed by atoms with Crippen LogP contribution in [0.5, 0.6) is 23.0 Å². The second-order valence-electron chi connectivity index (χ2n) is 6.14. The van der Waals surface area contributed by atoms with Crippen LogP contribution in [0.3, 0.4) is 0 Å². The molecule has 0 atom stereocenters. The van der Waals surface area contributed by atoms with Crippen LogP contribution in [0, 0.1) is 0 Å². The molecule has 0 N–H and O–H groups in total. The van der Waals surface area contributed by atoms with Gasteiger partial charge in [0.2, 0.25) is 0 Å². The van der Waals surface area contributed by atoms with Gasteiger partial charge in [0.1, 0.15) is 28.2 Å². The monoisotopic (exact) mass is 414 g/mol. The highest BCUT2D eigenvalue weighted by Gasteiger charge is 2.16. The Morgan fingerprint density at radius 2 is 1.67 bits per heavy atom. The second kappa shape index (κ2) is 9.21. The lowest BCUT2D eigenvalue weighted by Gasteiger charge is -2.12. The standard InChI is InChI=1S/C22H22O8/c1-5-28-21(24)12-29-14-9-19(27-4)22-15(23)11-17(30-20(22)10-14)13-6-7-16(25-2)18(8-13)26-3/h6-11H,5,12H2,1-4H3. The molecule has 158 valence electrons. The van der Waals surface area contributed by atoms with E-state index in [1.807, 2.05) is 0 Å². The Labute approximate surface area is 172 Å². The minimum atomic E-state index is -0.503. The summed E-state index contributed by atoms with van der Waals surface area (Å²) in [7, 11) is 4.50. The van der Waals surface area contributed by atoms with Gasteiger partial charge in [-0.1, -0.05) is 0 Å². The van der Waals surface area contributed by atoms with Crippen molar-refractivity contribution in [3.05, 3.63) is 46.6 Å². The number of rotatable bonds is 8. The lowest BCUT2D eigenvalue weighted by Crippen LogP contribution is -2.14. The molecule has 0 saturated heterocycles. The smallest absolute Gasteiger partial charge is 0.344 e. The van der Waals surface area contributed by atoms with Crippen LogP contribution in [0.1, 0.15) is 6.92 Å². The summed E-state index contributed by atoms with van der Waals surface area (Å²) in [6, 6.07) is 9.62. The fraction of sp³-hybridized carbons (Fsp3) is 0.273. The molecule has 0 aliphatic carbocycles. The van der Waals surface area contributed by atoms with Crippen molar-refractivity contribution in [1.29, 1.82) is 0 Å². The first kappa shape index (κ1) is 21.0. The molecule has 30 heavy (non-hydrogen) atoms. The highest BCUT2D eigenvalue weighted by molar-refractivity contribution is 5.86. The molecule has 2 aromatic carbocycles. The molecular formula is C22H22O8. The van der Waals surface area contributed by atoms with Crippen molar-refractivity contribution in [2.45, 2.75) is 6.92 Å². The number of carbonyl (C=O) groups excluding carboxylic acids is 1.